The fourth-order valence-corrected chi connectivity index (χ4v) is 3.52. The lowest BCUT2D eigenvalue weighted by molar-refractivity contribution is 0.0746. The number of carbonyl (C=O) groups excluding carboxylic acids is 1. The summed E-state index contributed by atoms with van der Waals surface area (Å²) in [6.45, 7) is 4.63. The van der Waals surface area contributed by atoms with Crippen molar-refractivity contribution in [2.24, 2.45) is 0 Å². The minimum atomic E-state index is -1.02. The molecule has 0 saturated carbocycles. The SMILES string of the molecule is CCOc1ccc(-c2cc(N3CCN(C(=O)c4ccc(F)c(F)c4)CC3)ncn2)cc1. The summed E-state index contributed by atoms with van der Waals surface area (Å²) in [5.74, 6) is -0.710. The maximum absolute atomic E-state index is 13.5. The number of benzene rings is 2. The number of aromatic nitrogens is 2. The molecule has 4 rings (SSSR count). The molecule has 0 N–H and O–H groups in total. The minimum Gasteiger partial charge on any atom is -0.494 e. The molecule has 3 aromatic rings. The van der Waals surface area contributed by atoms with Crippen LogP contribution in [-0.2, 0) is 0 Å². The Morgan fingerprint density at radius 3 is 2.39 bits per heavy atom. The van der Waals surface area contributed by atoms with Crippen molar-refractivity contribution in [3.63, 3.8) is 0 Å². The topological polar surface area (TPSA) is 58.6 Å². The van der Waals surface area contributed by atoms with Gasteiger partial charge in [-0.25, -0.2) is 18.7 Å². The molecule has 1 aromatic heterocycles. The van der Waals surface area contributed by atoms with Gasteiger partial charge in [0.05, 0.1) is 12.3 Å². The predicted octanol–water partition coefficient (Wildman–Crippen LogP) is 3.78. The third kappa shape index (κ3) is 4.63. The van der Waals surface area contributed by atoms with Crippen molar-refractivity contribution in [2.45, 2.75) is 6.92 Å². The van der Waals surface area contributed by atoms with Gasteiger partial charge in [-0.3, -0.25) is 4.79 Å². The monoisotopic (exact) mass is 424 g/mol. The average molecular weight is 424 g/mol. The predicted molar refractivity (Wildman–Crippen MR) is 113 cm³/mol. The van der Waals surface area contributed by atoms with Crippen molar-refractivity contribution < 1.29 is 18.3 Å². The van der Waals surface area contributed by atoms with Gasteiger partial charge >= 0.3 is 0 Å². The molecular formula is C23H22F2N4O2. The zero-order valence-electron chi connectivity index (χ0n) is 17.1. The van der Waals surface area contributed by atoms with E-state index in [0.717, 1.165) is 35.0 Å². The van der Waals surface area contributed by atoms with Crippen LogP contribution in [0.25, 0.3) is 11.3 Å². The Kier molecular flexibility index (Phi) is 6.06. The number of hydrogen-bond donors (Lipinski definition) is 0. The van der Waals surface area contributed by atoms with Crippen LogP contribution in [0.15, 0.2) is 54.9 Å². The van der Waals surface area contributed by atoms with E-state index in [1.54, 1.807) is 4.90 Å². The first-order valence-corrected chi connectivity index (χ1v) is 10.1. The van der Waals surface area contributed by atoms with Crippen molar-refractivity contribution in [3.05, 3.63) is 72.1 Å². The maximum atomic E-state index is 13.5. The smallest absolute Gasteiger partial charge is 0.254 e. The summed E-state index contributed by atoms with van der Waals surface area (Å²) in [4.78, 5) is 25.1. The Bertz CT molecular complexity index is 1070. The second kappa shape index (κ2) is 9.07. The minimum absolute atomic E-state index is 0.146. The van der Waals surface area contributed by atoms with Crippen LogP contribution >= 0.6 is 0 Å². The zero-order valence-corrected chi connectivity index (χ0v) is 17.1. The largest absolute Gasteiger partial charge is 0.494 e. The Hall–Kier alpha value is -3.55. The van der Waals surface area contributed by atoms with Gasteiger partial charge in [-0.05, 0) is 49.4 Å². The summed E-state index contributed by atoms with van der Waals surface area (Å²) in [6.07, 6.45) is 1.53. The van der Waals surface area contributed by atoms with Crippen molar-refractivity contribution in [1.82, 2.24) is 14.9 Å². The molecule has 2 heterocycles. The van der Waals surface area contributed by atoms with Crippen molar-refractivity contribution >= 4 is 11.7 Å². The lowest BCUT2D eigenvalue weighted by Gasteiger charge is -2.35. The van der Waals surface area contributed by atoms with Gasteiger partial charge in [0.15, 0.2) is 11.6 Å². The maximum Gasteiger partial charge on any atom is 0.254 e. The number of rotatable bonds is 5. The highest BCUT2D eigenvalue weighted by molar-refractivity contribution is 5.94. The van der Waals surface area contributed by atoms with E-state index in [2.05, 4.69) is 14.9 Å². The van der Waals surface area contributed by atoms with Crippen LogP contribution in [0.3, 0.4) is 0 Å². The lowest BCUT2D eigenvalue weighted by Crippen LogP contribution is -2.49. The first-order chi connectivity index (χ1) is 15.0. The number of piperazine rings is 1. The van der Waals surface area contributed by atoms with Gasteiger partial charge in [-0.15, -0.1) is 0 Å². The quantitative estimate of drug-likeness (QED) is 0.624. The summed E-state index contributed by atoms with van der Waals surface area (Å²) in [5, 5.41) is 0. The van der Waals surface area contributed by atoms with Gasteiger partial charge in [0.25, 0.3) is 5.91 Å². The molecule has 1 aliphatic heterocycles. The third-order valence-electron chi connectivity index (χ3n) is 5.17. The molecule has 6 nitrogen and oxygen atoms in total. The van der Waals surface area contributed by atoms with Crippen molar-refractivity contribution in [2.75, 3.05) is 37.7 Å². The van der Waals surface area contributed by atoms with E-state index in [1.165, 1.54) is 12.4 Å². The molecule has 0 bridgehead atoms. The van der Waals surface area contributed by atoms with Crippen LogP contribution in [0.5, 0.6) is 5.75 Å². The second-order valence-corrected chi connectivity index (χ2v) is 7.13. The number of carbonyl (C=O) groups is 1. The van der Waals surface area contributed by atoms with Crippen LogP contribution in [0.4, 0.5) is 14.6 Å². The summed E-state index contributed by atoms with van der Waals surface area (Å²) in [7, 11) is 0. The second-order valence-electron chi connectivity index (χ2n) is 7.13. The van der Waals surface area contributed by atoms with Gasteiger partial charge in [-0.2, -0.15) is 0 Å². The Balaban J connectivity index is 1.42. The van der Waals surface area contributed by atoms with Gasteiger partial charge in [0.2, 0.25) is 0 Å². The summed E-state index contributed by atoms with van der Waals surface area (Å²) in [6, 6.07) is 12.9. The molecule has 1 aliphatic rings. The molecular weight excluding hydrogens is 402 g/mol. The van der Waals surface area contributed by atoms with E-state index in [4.69, 9.17) is 4.74 Å². The van der Waals surface area contributed by atoms with Gasteiger partial charge in [0.1, 0.15) is 17.9 Å². The summed E-state index contributed by atoms with van der Waals surface area (Å²) < 4.78 is 32.1. The van der Waals surface area contributed by atoms with E-state index in [0.29, 0.717) is 32.8 Å². The molecule has 0 spiro atoms. The molecule has 0 unspecified atom stereocenters. The van der Waals surface area contributed by atoms with Crippen LogP contribution in [0.2, 0.25) is 0 Å². The highest BCUT2D eigenvalue weighted by atomic mass is 19.2. The first-order valence-electron chi connectivity index (χ1n) is 10.1. The molecule has 1 saturated heterocycles. The Morgan fingerprint density at radius 1 is 0.968 bits per heavy atom. The van der Waals surface area contributed by atoms with Gasteiger partial charge in [0, 0.05) is 43.4 Å². The number of anilines is 1. The highest BCUT2D eigenvalue weighted by Gasteiger charge is 2.24. The average Bonchev–Trinajstić information content (AvgIpc) is 2.81. The van der Waals surface area contributed by atoms with Crippen LogP contribution < -0.4 is 9.64 Å². The molecule has 160 valence electrons. The van der Waals surface area contributed by atoms with Crippen LogP contribution in [0.1, 0.15) is 17.3 Å². The fraction of sp³-hybridized carbons (Fsp3) is 0.261. The molecule has 31 heavy (non-hydrogen) atoms. The summed E-state index contributed by atoms with van der Waals surface area (Å²) in [5.41, 5.74) is 1.90. The zero-order chi connectivity index (χ0) is 21.8. The van der Waals surface area contributed by atoms with E-state index in [9.17, 15) is 13.6 Å². The Labute approximate surface area is 179 Å². The number of hydrogen-bond acceptors (Lipinski definition) is 5. The van der Waals surface area contributed by atoms with E-state index in [1.807, 2.05) is 37.3 Å². The molecule has 1 fully saturated rings. The molecule has 8 heteroatoms. The van der Waals surface area contributed by atoms with Gasteiger partial charge < -0.3 is 14.5 Å². The molecule has 0 radical (unpaired) electrons. The molecule has 2 aromatic carbocycles. The van der Waals surface area contributed by atoms with Crippen LogP contribution in [0, 0.1) is 11.6 Å². The van der Waals surface area contributed by atoms with E-state index < -0.39 is 11.6 Å². The normalized spacial score (nSPS) is 13.9. The standard InChI is InChI=1S/C23H22F2N4O2/c1-2-31-18-6-3-16(4-7-18)21-14-22(27-15-26-21)28-9-11-29(12-10-28)23(30)17-5-8-19(24)20(25)13-17/h3-8,13-15H,2,9-12H2,1H3. The number of ether oxygens (including phenoxy) is 1. The number of halogens is 2. The van der Waals surface area contributed by atoms with Crippen molar-refractivity contribution in [3.8, 4) is 17.0 Å². The lowest BCUT2D eigenvalue weighted by atomic mass is 10.1. The number of amides is 1. The van der Waals surface area contributed by atoms with Crippen molar-refractivity contribution in [1.29, 1.82) is 0 Å². The van der Waals surface area contributed by atoms with E-state index in [-0.39, 0.29) is 11.5 Å². The summed E-state index contributed by atoms with van der Waals surface area (Å²) >= 11 is 0. The fourth-order valence-electron chi connectivity index (χ4n) is 3.52. The molecule has 0 atom stereocenters. The van der Waals surface area contributed by atoms with Gasteiger partial charge in [-0.1, -0.05) is 0 Å². The number of nitrogens with zero attached hydrogens (tertiary/aromatic N) is 4. The third-order valence-corrected chi connectivity index (χ3v) is 5.17. The molecule has 0 aliphatic carbocycles. The van der Waals surface area contributed by atoms with E-state index >= 15 is 0 Å². The molecule has 1 amide bonds. The highest BCUT2D eigenvalue weighted by Crippen LogP contribution is 2.24. The Morgan fingerprint density at radius 2 is 1.71 bits per heavy atom. The first kappa shape index (κ1) is 20.7. The van der Waals surface area contributed by atoms with Crippen LogP contribution in [-0.4, -0.2) is 53.6 Å².